The molecule has 1 amide bonds. The molecule has 0 aliphatic rings. The van der Waals surface area contributed by atoms with Gasteiger partial charge in [-0.05, 0) is 38.9 Å². The number of esters is 1. The first-order valence-electron chi connectivity index (χ1n) is 8.47. The summed E-state index contributed by atoms with van der Waals surface area (Å²) < 4.78 is 5.15. The van der Waals surface area contributed by atoms with Crippen molar-refractivity contribution in [1.82, 2.24) is 16.0 Å². The molecule has 0 saturated heterocycles. The van der Waals surface area contributed by atoms with Crippen LogP contribution in [-0.2, 0) is 20.7 Å². The van der Waals surface area contributed by atoms with Crippen molar-refractivity contribution in [2.24, 2.45) is 0 Å². The smallest absolute Gasteiger partial charge is 0.322 e. The van der Waals surface area contributed by atoms with Gasteiger partial charge in [-0.2, -0.15) is 0 Å². The number of hydrogen-bond acceptors (Lipinski definition) is 5. The average molecular weight is 335 g/mol. The molecule has 0 bridgehead atoms. The molecule has 0 fully saturated rings. The van der Waals surface area contributed by atoms with Crippen molar-refractivity contribution in [3.8, 4) is 0 Å². The van der Waals surface area contributed by atoms with Gasteiger partial charge in [-0.15, -0.1) is 0 Å². The fourth-order valence-corrected chi connectivity index (χ4v) is 2.27. The molecule has 6 nitrogen and oxygen atoms in total. The Kier molecular flexibility index (Phi) is 9.72. The largest absolute Gasteiger partial charge is 0.464 e. The summed E-state index contributed by atoms with van der Waals surface area (Å²) in [5.74, 6) is -0.311. The van der Waals surface area contributed by atoms with Gasteiger partial charge >= 0.3 is 5.97 Å². The highest BCUT2D eigenvalue weighted by Crippen LogP contribution is 2.03. The van der Waals surface area contributed by atoms with Crippen molar-refractivity contribution >= 4 is 11.9 Å². The van der Waals surface area contributed by atoms with Gasteiger partial charge < -0.3 is 20.7 Å². The lowest BCUT2D eigenvalue weighted by atomic mass is 10.1. The Labute approximate surface area is 144 Å². The maximum Gasteiger partial charge on any atom is 0.322 e. The molecule has 0 unspecified atom stereocenters. The fraction of sp³-hybridized carbons (Fsp3) is 0.556. The molecule has 6 heteroatoms. The Bertz CT molecular complexity index is 494. The predicted octanol–water partition coefficient (Wildman–Crippen LogP) is 0.865. The second-order valence-electron chi connectivity index (χ2n) is 5.62. The molecule has 2 atom stereocenters. The molecular weight excluding hydrogens is 306 g/mol. The molecule has 3 N–H and O–H groups in total. The van der Waals surface area contributed by atoms with E-state index >= 15 is 0 Å². The van der Waals surface area contributed by atoms with Gasteiger partial charge in [-0.3, -0.25) is 9.59 Å². The molecule has 0 aromatic heterocycles. The van der Waals surface area contributed by atoms with E-state index in [0.29, 0.717) is 26.0 Å². The van der Waals surface area contributed by atoms with E-state index in [-0.39, 0.29) is 24.0 Å². The Hall–Kier alpha value is -1.92. The minimum atomic E-state index is -0.302. The summed E-state index contributed by atoms with van der Waals surface area (Å²) in [5.41, 5.74) is 1.11. The van der Waals surface area contributed by atoms with Gasteiger partial charge in [0.2, 0.25) is 5.91 Å². The van der Waals surface area contributed by atoms with Crippen LogP contribution in [0, 0.1) is 0 Å². The minimum Gasteiger partial charge on any atom is -0.464 e. The van der Waals surface area contributed by atoms with Crippen molar-refractivity contribution in [3.63, 3.8) is 0 Å². The molecule has 0 aliphatic heterocycles. The van der Waals surface area contributed by atoms with Gasteiger partial charge in [-0.25, -0.2) is 0 Å². The Balaban J connectivity index is 2.23. The van der Waals surface area contributed by atoms with Gasteiger partial charge in [0.1, 0.15) is 6.04 Å². The molecule has 0 saturated carbocycles. The van der Waals surface area contributed by atoms with Gasteiger partial charge in [0.05, 0.1) is 12.6 Å². The maximum absolute atomic E-state index is 12.2. The maximum atomic E-state index is 12.2. The number of carbonyl (C=O) groups is 2. The summed E-state index contributed by atoms with van der Waals surface area (Å²) in [7, 11) is 1.77. The predicted molar refractivity (Wildman–Crippen MR) is 94.7 cm³/mol. The van der Waals surface area contributed by atoms with Crippen molar-refractivity contribution in [1.29, 1.82) is 0 Å². The highest BCUT2D eigenvalue weighted by Gasteiger charge is 2.16. The highest BCUT2D eigenvalue weighted by atomic mass is 16.5. The second kappa shape index (κ2) is 11.6. The summed E-state index contributed by atoms with van der Waals surface area (Å²) in [6.07, 6.45) is 1.23. The number of carbonyl (C=O) groups excluding carboxylic acids is 2. The fourth-order valence-electron chi connectivity index (χ4n) is 2.27. The Morgan fingerprint density at radius 2 is 1.92 bits per heavy atom. The molecule has 24 heavy (non-hydrogen) atoms. The Morgan fingerprint density at radius 1 is 1.21 bits per heavy atom. The third-order valence-corrected chi connectivity index (χ3v) is 3.68. The van der Waals surface area contributed by atoms with Gasteiger partial charge in [0, 0.05) is 6.54 Å². The normalized spacial score (nSPS) is 13.1. The molecule has 0 radical (unpaired) electrons. The van der Waals surface area contributed by atoms with E-state index < -0.39 is 0 Å². The molecule has 1 aromatic carbocycles. The van der Waals surface area contributed by atoms with Crippen LogP contribution >= 0.6 is 0 Å². The third kappa shape index (κ3) is 7.57. The van der Waals surface area contributed by atoms with Crippen LogP contribution in [0.1, 0.15) is 25.8 Å². The summed E-state index contributed by atoms with van der Waals surface area (Å²) >= 11 is 0. The lowest BCUT2D eigenvalue weighted by Gasteiger charge is -2.16. The standard InChI is InChI=1S/C18H29N3O3/c1-4-20-14(2)18(23)24-12-8-11-21-17(22)16(19-3)13-15-9-6-5-7-10-15/h5-7,9-10,14,16,19-20H,4,8,11-13H2,1-3H3,(H,21,22)/t14-,16+/m1/s1. The van der Waals surface area contributed by atoms with Gasteiger partial charge in [0.15, 0.2) is 0 Å². The van der Waals surface area contributed by atoms with Crippen LogP contribution < -0.4 is 16.0 Å². The van der Waals surface area contributed by atoms with Crippen molar-refractivity contribution < 1.29 is 14.3 Å². The second-order valence-corrected chi connectivity index (χ2v) is 5.62. The number of hydrogen-bond donors (Lipinski definition) is 3. The number of ether oxygens (including phenoxy) is 1. The zero-order chi connectivity index (χ0) is 17.8. The zero-order valence-corrected chi connectivity index (χ0v) is 14.8. The van der Waals surface area contributed by atoms with E-state index in [1.807, 2.05) is 37.3 Å². The topological polar surface area (TPSA) is 79.5 Å². The van der Waals surface area contributed by atoms with Gasteiger partial charge in [-0.1, -0.05) is 37.3 Å². The summed E-state index contributed by atoms with van der Waals surface area (Å²) in [6.45, 7) is 5.22. The van der Waals surface area contributed by atoms with E-state index in [0.717, 1.165) is 12.1 Å². The third-order valence-electron chi connectivity index (χ3n) is 3.68. The monoisotopic (exact) mass is 335 g/mol. The summed E-state index contributed by atoms with van der Waals surface area (Å²) in [6, 6.07) is 9.31. The lowest BCUT2D eigenvalue weighted by Crippen LogP contribution is -2.44. The summed E-state index contributed by atoms with van der Waals surface area (Å²) in [5, 5.41) is 8.90. The van der Waals surface area contributed by atoms with Crippen LogP contribution in [0.3, 0.4) is 0 Å². The van der Waals surface area contributed by atoms with Crippen LogP contribution in [0.2, 0.25) is 0 Å². The van der Waals surface area contributed by atoms with Crippen LogP contribution in [0.4, 0.5) is 0 Å². The zero-order valence-electron chi connectivity index (χ0n) is 14.8. The molecule has 1 rings (SSSR count). The van der Waals surface area contributed by atoms with Crippen LogP contribution in [0.25, 0.3) is 0 Å². The Morgan fingerprint density at radius 3 is 2.54 bits per heavy atom. The molecular formula is C18H29N3O3. The van der Waals surface area contributed by atoms with Crippen molar-refractivity contribution in [2.75, 3.05) is 26.7 Å². The SMILES string of the molecule is CCN[C@H](C)C(=O)OCCCNC(=O)[C@H](Cc1ccccc1)NC. The molecule has 0 aliphatic carbocycles. The van der Waals surface area contributed by atoms with E-state index in [9.17, 15) is 9.59 Å². The van der Waals surface area contributed by atoms with Crippen LogP contribution in [0.15, 0.2) is 30.3 Å². The first kappa shape index (κ1) is 20.1. The number of nitrogens with one attached hydrogen (secondary N) is 3. The first-order valence-corrected chi connectivity index (χ1v) is 8.47. The lowest BCUT2D eigenvalue weighted by molar-refractivity contribution is -0.145. The number of amides is 1. The van der Waals surface area contributed by atoms with Gasteiger partial charge in [0.25, 0.3) is 0 Å². The van der Waals surface area contributed by atoms with E-state index in [2.05, 4.69) is 16.0 Å². The van der Waals surface area contributed by atoms with Crippen LogP contribution in [-0.4, -0.2) is 50.7 Å². The van der Waals surface area contributed by atoms with E-state index in [1.165, 1.54) is 0 Å². The van der Waals surface area contributed by atoms with E-state index in [1.54, 1.807) is 14.0 Å². The molecule has 0 heterocycles. The molecule has 1 aromatic rings. The average Bonchev–Trinajstić information content (AvgIpc) is 2.60. The highest BCUT2D eigenvalue weighted by molar-refractivity contribution is 5.82. The van der Waals surface area contributed by atoms with E-state index in [4.69, 9.17) is 4.74 Å². The molecule has 0 spiro atoms. The molecule has 134 valence electrons. The van der Waals surface area contributed by atoms with Crippen molar-refractivity contribution in [3.05, 3.63) is 35.9 Å². The first-order chi connectivity index (χ1) is 11.6. The number of likely N-dealkylation sites (N-methyl/N-ethyl adjacent to an activating group) is 2. The van der Waals surface area contributed by atoms with Crippen molar-refractivity contribution in [2.45, 2.75) is 38.8 Å². The summed E-state index contributed by atoms with van der Waals surface area (Å²) in [4.78, 5) is 23.8. The number of benzene rings is 1. The quantitative estimate of drug-likeness (QED) is 0.413. The minimum absolute atomic E-state index is 0.0475. The van der Waals surface area contributed by atoms with Crippen LogP contribution in [0.5, 0.6) is 0 Å². The number of rotatable bonds is 11.